The topological polar surface area (TPSA) is 17.1 Å². The third kappa shape index (κ3) is 8.41. The molecule has 0 aromatic rings. The van der Waals surface area contributed by atoms with Crippen LogP contribution in [0.5, 0.6) is 0 Å². The van der Waals surface area contributed by atoms with E-state index in [4.69, 9.17) is 0 Å². The molecule has 0 heterocycles. The van der Waals surface area contributed by atoms with Gasteiger partial charge in [-0.1, -0.05) is 11.4 Å². The van der Waals surface area contributed by atoms with Crippen molar-refractivity contribution in [2.75, 3.05) is 33.4 Å². The molecular weight excluding hydrogens is 153 g/mol. The highest BCUT2D eigenvalue weighted by Crippen LogP contribution is 2.16. The van der Waals surface area contributed by atoms with E-state index in [1.54, 1.807) is 0 Å². The van der Waals surface area contributed by atoms with E-state index < -0.39 is 0 Å². The van der Waals surface area contributed by atoms with E-state index >= 15 is 0 Å². The highest BCUT2D eigenvalue weighted by molar-refractivity contribution is 8.45. The van der Waals surface area contributed by atoms with Crippen LogP contribution in [0.1, 0.15) is 0 Å². The van der Waals surface area contributed by atoms with Gasteiger partial charge in [-0.2, -0.15) is 0 Å². The first-order chi connectivity index (χ1) is 4.06. The predicted molar refractivity (Wildman–Crippen MR) is 43.0 cm³/mol. The molecule has 0 aliphatic rings. The number of quaternary nitrogens is 1. The van der Waals surface area contributed by atoms with Gasteiger partial charge in [0, 0.05) is 0 Å². The minimum atomic E-state index is 0.200. The lowest BCUT2D eigenvalue weighted by Crippen LogP contribution is -2.36. The molecule has 0 aliphatic heterocycles. The van der Waals surface area contributed by atoms with E-state index in [1.807, 2.05) is 0 Å². The zero-order chi connectivity index (χ0) is 7.33. The van der Waals surface area contributed by atoms with E-state index in [0.29, 0.717) is 0 Å². The van der Waals surface area contributed by atoms with E-state index in [-0.39, 0.29) is 7.66 Å². The van der Waals surface area contributed by atoms with Crippen molar-refractivity contribution in [3.8, 4) is 0 Å². The van der Waals surface area contributed by atoms with Crippen LogP contribution < -0.4 is 0 Å². The molecule has 0 saturated heterocycles. The second-order valence-corrected chi connectivity index (χ2v) is 4.96. The Balaban J connectivity index is 3.17. The molecule has 0 bridgehead atoms. The Hall–Kier alpha value is 0.410. The Labute approximate surface area is 62.2 Å². The third-order valence-corrected chi connectivity index (χ3v) is 2.24. The van der Waals surface area contributed by atoms with Crippen molar-refractivity contribution >= 4 is 19.0 Å². The van der Waals surface area contributed by atoms with E-state index in [2.05, 4.69) is 21.1 Å². The molecule has 0 rings (SSSR count). The Morgan fingerprint density at radius 1 is 1.44 bits per heavy atom. The SMILES string of the molecule is C[N+](C)(C)CCSP=O. The summed E-state index contributed by atoms with van der Waals surface area (Å²) < 4.78 is 10.9. The largest absolute Gasteiger partial charge is 0.330 e. The summed E-state index contributed by atoms with van der Waals surface area (Å²) in [6, 6.07) is 0. The summed E-state index contributed by atoms with van der Waals surface area (Å²) >= 11 is 1.44. The molecule has 0 aliphatic carbocycles. The average Bonchev–Trinajstić information content (AvgIpc) is 1.63. The number of hydrogen-bond acceptors (Lipinski definition) is 2. The number of hydrogen-bond donors (Lipinski definition) is 0. The van der Waals surface area contributed by atoms with Gasteiger partial charge in [-0.25, -0.2) is 0 Å². The smallest absolute Gasteiger partial charge is 0.226 e. The monoisotopic (exact) mass is 166 g/mol. The number of rotatable bonds is 4. The van der Waals surface area contributed by atoms with Gasteiger partial charge in [0.05, 0.1) is 33.4 Å². The maximum atomic E-state index is 9.94. The van der Waals surface area contributed by atoms with Crippen LogP contribution in [0.2, 0.25) is 0 Å². The minimum absolute atomic E-state index is 0.200. The maximum absolute atomic E-state index is 9.94. The van der Waals surface area contributed by atoms with Gasteiger partial charge in [-0.05, 0) is 0 Å². The van der Waals surface area contributed by atoms with Crippen molar-refractivity contribution in [1.29, 1.82) is 0 Å². The first kappa shape index (κ1) is 9.41. The van der Waals surface area contributed by atoms with Crippen molar-refractivity contribution in [1.82, 2.24) is 0 Å². The summed E-state index contributed by atoms with van der Waals surface area (Å²) in [6.07, 6.45) is 0. The molecule has 0 aromatic carbocycles. The molecule has 0 N–H and O–H groups in total. The fourth-order valence-electron chi connectivity index (χ4n) is 0.352. The molecule has 54 valence electrons. The standard InChI is InChI=1S/C5H13NOPS/c1-6(2,3)4-5-9-8-7/h4-5H2,1-3H3/q+1. The molecule has 0 atom stereocenters. The molecular formula is C5H13NOPS+. The third-order valence-electron chi connectivity index (χ3n) is 0.906. The van der Waals surface area contributed by atoms with Crippen molar-refractivity contribution in [3.05, 3.63) is 0 Å². The van der Waals surface area contributed by atoms with Crippen LogP contribution in [0.4, 0.5) is 0 Å². The van der Waals surface area contributed by atoms with Gasteiger partial charge in [0.2, 0.25) is 7.66 Å². The lowest BCUT2D eigenvalue weighted by Gasteiger charge is -2.22. The zero-order valence-corrected chi connectivity index (χ0v) is 7.84. The van der Waals surface area contributed by atoms with Crippen LogP contribution in [0, 0.1) is 0 Å². The fraction of sp³-hybridized carbons (Fsp3) is 1.00. The van der Waals surface area contributed by atoms with Gasteiger partial charge in [-0.3, -0.25) is 4.57 Å². The van der Waals surface area contributed by atoms with Crippen LogP contribution in [-0.4, -0.2) is 37.9 Å². The minimum Gasteiger partial charge on any atom is -0.330 e. The van der Waals surface area contributed by atoms with Crippen molar-refractivity contribution in [3.63, 3.8) is 0 Å². The van der Waals surface area contributed by atoms with Crippen molar-refractivity contribution < 1.29 is 9.05 Å². The van der Waals surface area contributed by atoms with Crippen LogP contribution >= 0.6 is 19.0 Å². The lowest BCUT2D eigenvalue weighted by molar-refractivity contribution is -0.867. The molecule has 0 radical (unpaired) electrons. The second kappa shape index (κ2) is 4.26. The molecule has 2 nitrogen and oxygen atoms in total. The predicted octanol–water partition coefficient (Wildman–Crippen LogP) is 1.63. The van der Waals surface area contributed by atoms with Crippen molar-refractivity contribution in [2.24, 2.45) is 0 Å². The first-order valence-corrected chi connectivity index (χ1v) is 5.21. The highest BCUT2D eigenvalue weighted by atomic mass is 32.7. The molecule has 9 heavy (non-hydrogen) atoms. The molecule has 0 unspecified atom stereocenters. The van der Waals surface area contributed by atoms with Gasteiger partial charge in [0.25, 0.3) is 0 Å². The quantitative estimate of drug-likeness (QED) is 0.359. The number of nitrogens with zero attached hydrogens (tertiary/aromatic N) is 1. The van der Waals surface area contributed by atoms with Gasteiger partial charge in [0.15, 0.2) is 0 Å². The second-order valence-electron chi connectivity index (χ2n) is 2.92. The van der Waals surface area contributed by atoms with Crippen LogP contribution in [0.3, 0.4) is 0 Å². The summed E-state index contributed by atoms with van der Waals surface area (Å²) in [7, 11) is 6.58. The molecule has 0 fully saturated rings. The van der Waals surface area contributed by atoms with Crippen molar-refractivity contribution in [2.45, 2.75) is 0 Å². The van der Waals surface area contributed by atoms with Crippen LogP contribution in [-0.2, 0) is 4.57 Å². The van der Waals surface area contributed by atoms with Gasteiger partial charge >= 0.3 is 0 Å². The summed E-state index contributed by atoms with van der Waals surface area (Å²) in [5.41, 5.74) is 0. The zero-order valence-electron chi connectivity index (χ0n) is 6.13. The molecule has 0 aromatic heterocycles. The normalized spacial score (nSPS) is 12.3. The summed E-state index contributed by atoms with van der Waals surface area (Å²) in [5.74, 6) is 0.967. The van der Waals surface area contributed by atoms with E-state index in [0.717, 1.165) is 16.8 Å². The lowest BCUT2D eigenvalue weighted by atomic mass is 10.6. The molecule has 0 saturated carbocycles. The Kier molecular flexibility index (Phi) is 4.46. The molecule has 0 amide bonds. The first-order valence-electron chi connectivity index (χ1n) is 2.81. The Bertz CT molecular complexity index is 91.4. The van der Waals surface area contributed by atoms with Gasteiger partial charge in [0.1, 0.15) is 0 Å². The van der Waals surface area contributed by atoms with Gasteiger partial charge < -0.3 is 4.48 Å². The maximum Gasteiger partial charge on any atom is 0.226 e. The van der Waals surface area contributed by atoms with E-state index in [1.165, 1.54) is 11.4 Å². The summed E-state index contributed by atoms with van der Waals surface area (Å²) in [4.78, 5) is 0. The van der Waals surface area contributed by atoms with Gasteiger partial charge in [-0.15, -0.1) is 0 Å². The molecule has 4 heteroatoms. The summed E-state index contributed by atoms with van der Waals surface area (Å²) in [5, 5.41) is 0. The Morgan fingerprint density at radius 2 is 2.00 bits per heavy atom. The van der Waals surface area contributed by atoms with Crippen LogP contribution in [0.15, 0.2) is 0 Å². The van der Waals surface area contributed by atoms with E-state index in [9.17, 15) is 4.57 Å². The Morgan fingerprint density at radius 3 is 2.33 bits per heavy atom. The molecule has 0 spiro atoms. The average molecular weight is 166 g/mol. The summed E-state index contributed by atoms with van der Waals surface area (Å²) in [6.45, 7) is 1.07. The van der Waals surface area contributed by atoms with Crippen LogP contribution in [0.25, 0.3) is 0 Å². The fourth-order valence-corrected chi connectivity index (χ4v) is 1.52. The highest BCUT2D eigenvalue weighted by Gasteiger charge is 2.04.